The highest BCUT2D eigenvalue weighted by molar-refractivity contribution is 5.74. The lowest BCUT2D eigenvalue weighted by Crippen LogP contribution is -1.87. The SMILES string of the molecule is CCOc1cc2[nH]ccc2o1. The van der Waals surface area contributed by atoms with Crippen LogP contribution >= 0.6 is 0 Å². The first-order valence-corrected chi connectivity index (χ1v) is 3.60. The van der Waals surface area contributed by atoms with Crippen LogP contribution in [-0.2, 0) is 0 Å². The molecular formula is C8H9NO2. The third kappa shape index (κ3) is 0.981. The number of rotatable bonds is 2. The number of hydrogen-bond donors (Lipinski definition) is 1. The maximum Gasteiger partial charge on any atom is 0.286 e. The van der Waals surface area contributed by atoms with E-state index in [-0.39, 0.29) is 0 Å². The van der Waals surface area contributed by atoms with E-state index in [9.17, 15) is 0 Å². The molecule has 0 aromatic carbocycles. The monoisotopic (exact) mass is 151 g/mol. The number of H-pyrrole nitrogens is 1. The van der Waals surface area contributed by atoms with Gasteiger partial charge in [0, 0.05) is 12.3 Å². The Labute approximate surface area is 64.0 Å². The van der Waals surface area contributed by atoms with Gasteiger partial charge in [-0.3, -0.25) is 0 Å². The van der Waals surface area contributed by atoms with E-state index in [1.165, 1.54) is 0 Å². The van der Waals surface area contributed by atoms with E-state index in [4.69, 9.17) is 9.15 Å². The van der Waals surface area contributed by atoms with Crippen molar-refractivity contribution < 1.29 is 9.15 Å². The van der Waals surface area contributed by atoms with Crippen LogP contribution in [0.5, 0.6) is 5.95 Å². The van der Waals surface area contributed by atoms with Crippen molar-refractivity contribution >= 4 is 11.1 Å². The molecule has 0 fully saturated rings. The van der Waals surface area contributed by atoms with Gasteiger partial charge in [0.15, 0.2) is 5.58 Å². The average Bonchev–Trinajstić information content (AvgIpc) is 2.46. The molecule has 11 heavy (non-hydrogen) atoms. The minimum absolute atomic E-state index is 0.578. The third-order valence-corrected chi connectivity index (χ3v) is 1.50. The van der Waals surface area contributed by atoms with Crippen LogP contribution < -0.4 is 4.74 Å². The molecule has 0 unspecified atom stereocenters. The Balaban J connectivity index is 2.42. The molecule has 0 aliphatic heterocycles. The van der Waals surface area contributed by atoms with Gasteiger partial charge in [-0.1, -0.05) is 0 Å². The Hall–Kier alpha value is -1.38. The van der Waals surface area contributed by atoms with Crippen LogP contribution in [0.4, 0.5) is 0 Å². The molecule has 2 aromatic rings. The predicted molar refractivity (Wildman–Crippen MR) is 41.7 cm³/mol. The summed E-state index contributed by atoms with van der Waals surface area (Å²) in [5.41, 5.74) is 1.82. The van der Waals surface area contributed by atoms with Crippen molar-refractivity contribution in [2.45, 2.75) is 6.92 Å². The van der Waals surface area contributed by atoms with Gasteiger partial charge in [0.25, 0.3) is 5.95 Å². The molecule has 0 atom stereocenters. The van der Waals surface area contributed by atoms with E-state index in [1.807, 2.05) is 25.3 Å². The van der Waals surface area contributed by atoms with Crippen molar-refractivity contribution in [3.63, 3.8) is 0 Å². The van der Waals surface area contributed by atoms with Crippen molar-refractivity contribution in [2.75, 3.05) is 6.61 Å². The first kappa shape index (κ1) is 6.34. The van der Waals surface area contributed by atoms with Crippen LogP contribution in [0.1, 0.15) is 6.92 Å². The largest absolute Gasteiger partial charge is 0.465 e. The zero-order valence-corrected chi connectivity index (χ0v) is 6.26. The summed E-state index contributed by atoms with van der Waals surface area (Å²) in [6.07, 6.45) is 1.84. The van der Waals surface area contributed by atoms with Crippen LogP contribution in [-0.4, -0.2) is 11.6 Å². The minimum atomic E-state index is 0.578. The zero-order valence-electron chi connectivity index (χ0n) is 6.26. The summed E-state index contributed by atoms with van der Waals surface area (Å²) in [7, 11) is 0. The van der Waals surface area contributed by atoms with Crippen LogP contribution in [0, 0.1) is 0 Å². The molecule has 2 heterocycles. The van der Waals surface area contributed by atoms with Crippen LogP contribution in [0.2, 0.25) is 0 Å². The highest BCUT2D eigenvalue weighted by atomic mass is 16.6. The van der Waals surface area contributed by atoms with E-state index in [1.54, 1.807) is 0 Å². The molecule has 0 radical (unpaired) electrons. The molecule has 0 aliphatic rings. The maximum absolute atomic E-state index is 5.29. The Bertz CT molecular complexity index is 319. The Morgan fingerprint density at radius 3 is 3.27 bits per heavy atom. The van der Waals surface area contributed by atoms with Gasteiger partial charge in [-0.05, 0) is 13.0 Å². The molecule has 0 spiro atoms. The van der Waals surface area contributed by atoms with Gasteiger partial charge in [-0.15, -0.1) is 0 Å². The van der Waals surface area contributed by atoms with Crippen LogP contribution in [0.3, 0.4) is 0 Å². The molecule has 0 bridgehead atoms. The summed E-state index contributed by atoms with van der Waals surface area (Å²) in [6, 6.07) is 3.72. The van der Waals surface area contributed by atoms with E-state index in [0.717, 1.165) is 11.1 Å². The van der Waals surface area contributed by atoms with Gasteiger partial charge in [-0.2, -0.15) is 0 Å². The Morgan fingerprint density at radius 2 is 2.55 bits per heavy atom. The Kier molecular flexibility index (Phi) is 1.35. The summed E-state index contributed by atoms with van der Waals surface area (Å²) in [5, 5.41) is 0. The summed E-state index contributed by atoms with van der Waals surface area (Å²) in [6.45, 7) is 2.56. The summed E-state index contributed by atoms with van der Waals surface area (Å²) in [4.78, 5) is 3.02. The highest BCUT2D eigenvalue weighted by Crippen LogP contribution is 2.22. The minimum Gasteiger partial charge on any atom is -0.465 e. The lowest BCUT2D eigenvalue weighted by Gasteiger charge is -1.93. The van der Waals surface area contributed by atoms with Gasteiger partial charge in [0.05, 0.1) is 12.1 Å². The van der Waals surface area contributed by atoms with Crippen molar-refractivity contribution in [3.05, 3.63) is 18.3 Å². The van der Waals surface area contributed by atoms with Gasteiger partial charge >= 0.3 is 0 Å². The number of aromatic nitrogens is 1. The second-order valence-corrected chi connectivity index (χ2v) is 2.25. The number of fused-ring (bicyclic) bond motifs is 1. The van der Waals surface area contributed by atoms with Gasteiger partial charge < -0.3 is 14.1 Å². The van der Waals surface area contributed by atoms with Gasteiger partial charge in [0.1, 0.15) is 0 Å². The number of furan rings is 1. The van der Waals surface area contributed by atoms with E-state index in [0.29, 0.717) is 12.6 Å². The van der Waals surface area contributed by atoms with Crippen molar-refractivity contribution in [1.82, 2.24) is 4.98 Å². The fourth-order valence-corrected chi connectivity index (χ4v) is 1.04. The molecule has 2 aromatic heterocycles. The molecule has 0 amide bonds. The van der Waals surface area contributed by atoms with Crippen LogP contribution in [0.25, 0.3) is 11.1 Å². The second kappa shape index (κ2) is 2.34. The van der Waals surface area contributed by atoms with Crippen molar-refractivity contribution in [3.8, 4) is 5.95 Å². The molecule has 0 saturated heterocycles. The topological polar surface area (TPSA) is 38.2 Å². The summed E-state index contributed by atoms with van der Waals surface area (Å²) < 4.78 is 10.5. The van der Waals surface area contributed by atoms with Crippen molar-refractivity contribution in [2.24, 2.45) is 0 Å². The lowest BCUT2D eigenvalue weighted by molar-refractivity contribution is 0.265. The zero-order chi connectivity index (χ0) is 7.68. The Morgan fingerprint density at radius 1 is 1.64 bits per heavy atom. The van der Waals surface area contributed by atoms with Crippen molar-refractivity contribution in [1.29, 1.82) is 0 Å². The maximum atomic E-state index is 5.29. The molecular weight excluding hydrogens is 142 g/mol. The second-order valence-electron chi connectivity index (χ2n) is 2.25. The third-order valence-electron chi connectivity index (χ3n) is 1.50. The number of ether oxygens (including phenoxy) is 1. The molecule has 0 aliphatic carbocycles. The number of aromatic amines is 1. The highest BCUT2D eigenvalue weighted by Gasteiger charge is 2.02. The van der Waals surface area contributed by atoms with E-state index in [2.05, 4.69) is 4.98 Å². The average molecular weight is 151 g/mol. The van der Waals surface area contributed by atoms with Crippen LogP contribution in [0.15, 0.2) is 22.7 Å². The number of hydrogen-bond acceptors (Lipinski definition) is 2. The first-order chi connectivity index (χ1) is 5.40. The standard InChI is InChI=1S/C8H9NO2/c1-2-10-8-5-6-7(11-8)3-4-9-6/h3-5,9H,2H2,1H3. The molecule has 0 saturated carbocycles. The van der Waals surface area contributed by atoms with Gasteiger partial charge in [-0.25, -0.2) is 0 Å². The normalized spacial score (nSPS) is 10.6. The molecule has 3 heteroatoms. The van der Waals surface area contributed by atoms with Gasteiger partial charge in [0.2, 0.25) is 0 Å². The molecule has 3 nitrogen and oxygen atoms in total. The lowest BCUT2D eigenvalue weighted by atomic mass is 10.5. The van der Waals surface area contributed by atoms with E-state index < -0.39 is 0 Å². The first-order valence-electron chi connectivity index (χ1n) is 3.60. The summed E-state index contributed by atoms with van der Waals surface area (Å²) >= 11 is 0. The fraction of sp³-hybridized carbons (Fsp3) is 0.250. The fourth-order valence-electron chi connectivity index (χ4n) is 1.04. The smallest absolute Gasteiger partial charge is 0.286 e. The molecule has 1 N–H and O–H groups in total. The predicted octanol–water partition coefficient (Wildman–Crippen LogP) is 2.16. The number of nitrogens with one attached hydrogen (secondary N) is 1. The molecule has 58 valence electrons. The van der Waals surface area contributed by atoms with E-state index >= 15 is 0 Å². The summed E-state index contributed by atoms with van der Waals surface area (Å²) in [5.74, 6) is 0.578. The quantitative estimate of drug-likeness (QED) is 0.714. The molecule has 2 rings (SSSR count).